The van der Waals surface area contributed by atoms with Crippen molar-refractivity contribution in [3.8, 4) is 67.5 Å². The van der Waals surface area contributed by atoms with Crippen LogP contribution in [0.15, 0.2) is 174 Å². The molecule has 0 N–H and O–H groups in total. The molecule has 0 atom stereocenters. The molecule has 0 saturated carbocycles. The van der Waals surface area contributed by atoms with Crippen LogP contribution in [0.3, 0.4) is 0 Å². The maximum atomic E-state index is 6.87. The zero-order valence-corrected chi connectivity index (χ0v) is 27.9. The Balaban J connectivity index is 1.08. The molecule has 2 heterocycles. The molecule has 1 aromatic heterocycles. The highest BCUT2D eigenvalue weighted by Gasteiger charge is 2.54. The van der Waals surface area contributed by atoms with Gasteiger partial charge in [-0.2, -0.15) is 0 Å². The lowest BCUT2D eigenvalue weighted by Crippen LogP contribution is -2.27. The van der Waals surface area contributed by atoms with E-state index in [2.05, 4.69) is 133 Å². The van der Waals surface area contributed by atoms with Gasteiger partial charge in [0.1, 0.15) is 11.2 Å². The second-order valence-corrected chi connectivity index (χ2v) is 14.0. The molecule has 0 radical (unpaired) electrons. The molecule has 3 aliphatic rings. The molecule has 0 amide bonds. The summed E-state index contributed by atoms with van der Waals surface area (Å²) < 4.78 is 19.5. The van der Waals surface area contributed by atoms with Gasteiger partial charge in [0, 0.05) is 16.3 Å². The summed E-state index contributed by atoms with van der Waals surface area (Å²) in [5, 5.41) is 2.27. The molecule has 52 heavy (non-hydrogen) atoms. The average molecular weight is 665 g/mol. The van der Waals surface area contributed by atoms with E-state index in [0.29, 0.717) is 0 Å². The smallest absolute Gasteiger partial charge is 0.175 e. The van der Waals surface area contributed by atoms with Crippen LogP contribution in [0, 0.1) is 0 Å². The predicted octanol–water partition coefficient (Wildman–Crippen LogP) is 13.2. The lowest BCUT2D eigenvalue weighted by molar-refractivity contribution is 0.354. The van der Waals surface area contributed by atoms with Crippen molar-refractivity contribution in [3.63, 3.8) is 0 Å². The minimum absolute atomic E-state index is 0.597. The third-order valence-corrected chi connectivity index (χ3v) is 11.3. The van der Waals surface area contributed by atoms with Gasteiger partial charge < -0.3 is 13.9 Å². The van der Waals surface area contributed by atoms with Crippen LogP contribution in [-0.2, 0) is 5.41 Å². The predicted molar refractivity (Wildman–Crippen MR) is 207 cm³/mol. The van der Waals surface area contributed by atoms with Crippen molar-refractivity contribution in [1.29, 1.82) is 0 Å². The quantitative estimate of drug-likeness (QED) is 0.184. The number of para-hydroxylation sites is 3. The number of benzene rings is 8. The lowest BCUT2D eigenvalue weighted by Gasteiger charge is -2.33. The summed E-state index contributed by atoms with van der Waals surface area (Å²) in [7, 11) is 0. The SMILES string of the molecule is c1cc(-c2ccc3c(c2)C2(c4ccccc4-c4ccccc42)c2c-3ccc3c2Oc2ccccc2O3)cc(-c2ccc3oc4ccccc4c3c2)c1. The van der Waals surface area contributed by atoms with Gasteiger partial charge in [0.15, 0.2) is 23.0 Å². The molecule has 1 aliphatic heterocycles. The number of hydrogen-bond donors (Lipinski definition) is 0. The van der Waals surface area contributed by atoms with Crippen LogP contribution < -0.4 is 9.47 Å². The van der Waals surface area contributed by atoms with Crippen LogP contribution in [-0.4, -0.2) is 0 Å². The molecule has 0 fully saturated rings. The first kappa shape index (κ1) is 27.9. The average Bonchev–Trinajstić information content (AvgIpc) is 3.83. The number of rotatable bonds is 2. The number of furan rings is 1. The number of ether oxygens (including phenoxy) is 2. The van der Waals surface area contributed by atoms with Crippen LogP contribution in [0.2, 0.25) is 0 Å². The maximum Gasteiger partial charge on any atom is 0.175 e. The zero-order valence-electron chi connectivity index (χ0n) is 27.9. The summed E-state index contributed by atoms with van der Waals surface area (Å²) in [6.07, 6.45) is 0. The Morgan fingerprint density at radius 3 is 1.75 bits per heavy atom. The van der Waals surface area contributed by atoms with Gasteiger partial charge in [-0.3, -0.25) is 0 Å². The summed E-state index contributed by atoms with van der Waals surface area (Å²) in [6, 6.07) is 60.6. The van der Waals surface area contributed by atoms with E-state index in [1.807, 2.05) is 36.4 Å². The van der Waals surface area contributed by atoms with Gasteiger partial charge in [-0.25, -0.2) is 0 Å². The summed E-state index contributed by atoms with van der Waals surface area (Å²) in [5.41, 5.74) is 15.7. The fraction of sp³-hybridized carbons (Fsp3) is 0.0204. The Kier molecular flexibility index (Phi) is 5.43. The Morgan fingerprint density at radius 2 is 0.942 bits per heavy atom. The molecule has 8 aromatic carbocycles. The Bertz CT molecular complexity index is 2940. The summed E-state index contributed by atoms with van der Waals surface area (Å²) in [5.74, 6) is 2.98. The fourth-order valence-electron chi connectivity index (χ4n) is 9.17. The third-order valence-electron chi connectivity index (χ3n) is 11.3. The third kappa shape index (κ3) is 3.59. The highest BCUT2D eigenvalue weighted by atomic mass is 16.6. The highest BCUT2D eigenvalue weighted by molar-refractivity contribution is 6.06. The molecule has 3 heteroatoms. The van der Waals surface area contributed by atoms with E-state index < -0.39 is 5.41 Å². The topological polar surface area (TPSA) is 31.6 Å². The first-order chi connectivity index (χ1) is 25.8. The van der Waals surface area contributed by atoms with Crippen LogP contribution in [0.25, 0.3) is 66.4 Å². The molecule has 1 spiro atoms. The van der Waals surface area contributed by atoms with E-state index >= 15 is 0 Å². The summed E-state index contributed by atoms with van der Waals surface area (Å²) in [6.45, 7) is 0. The first-order valence-electron chi connectivity index (χ1n) is 17.7. The van der Waals surface area contributed by atoms with Crippen LogP contribution in [0.1, 0.15) is 22.3 Å². The Morgan fingerprint density at radius 1 is 0.346 bits per heavy atom. The van der Waals surface area contributed by atoms with Crippen molar-refractivity contribution in [2.24, 2.45) is 0 Å². The van der Waals surface area contributed by atoms with E-state index in [0.717, 1.165) is 61.6 Å². The molecule has 9 aromatic rings. The summed E-state index contributed by atoms with van der Waals surface area (Å²) in [4.78, 5) is 0. The fourth-order valence-corrected chi connectivity index (χ4v) is 9.17. The van der Waals surface area contributed by atoms with Crippen molar-refractivity contribution in [2.45, 2.75) is 5.41 Å². The van der Waals surface area contributed by atoms with Crippen molar-refractivity contribution >= 4 is 21.9 Å². The first-order valence-corrected chi connectivity index (χ1v) is 17.7. The van der Waals surface area contributed by atoms with E-state index in [-0.39, 0.29) is 0 Å². The van der Waals surface area contributed by atoms with Gasteiger partial charge in [-0.05, 0) is 110 Å². The normalized spacial score (nSPS) is 13.8. The maximum absolute atomic E-state index is 6.87. The Labute approximate surface area is 300 Å². The molecule has 0 unspecified atom stereocenters. The second-order valence-electron chi connectivity index (χ2n) is 14.0. The van der Waals surface area contributed by atoms with Gasteiger partial charge in [-0.15, -0.1) is 0 Å². The standard InChI is InChI=1S/C49H28O3/c1-4-15-39-33(12-1)34-13-2-5-16-40(34)49(39)41-28-32(20-22-35(41)37-23-25-46-48(47(37)49)52-45-19-8-7-18-44(45)51-46)30-11-9-10-29(26-30)31-21-24-43-38(27-31)36-14-3-6-17-42(36)50-43/h1-28H. The number of fused-ring (bicyclic) bond motifs is 16. The van der Waals surface area contributed by atoms with Gasteiger partial charge in [-0.1, -0.05) is 121 Å². The Hall–Kier alpha value is -6.84. The van der Waals surface area contributed by atoms with Crippen LogP contribution >= 0.6 is 0 Å². The van der Waals surface area contributed by atoms with Crippen molar-refractivity contribution < 1.29 is 13.9 Å². The summed E-state index contributed by atoms with van der Waals surface area (Å²) >= 11 is 0. The van der Waals surface area contributed by atoms with Crippen molar-refractivity contribution in [3.05, 3.63) is 192 Å². The second kappa shape index (κ2) is 10.1. The van der Waals surface area contributed by atoms with Crippen molar-refractivity contribution in [1.82, 2.24) is 0 Å². The molecule has 2 aliphatic carbocycles. The lowest BCUT2D eigenvalue weighted by atomic mass is 9.70. The van der Waals surface area contributed by atoms with Crippen LogP contribution in [0.5, 0.6) is 23.0 Å². The van der Waals surface area contributed by atoms with E-state index in [1.165, 1.54) is 50.1 Å². The van der Waals surface area contributed by atoms with Crippen molar-refractivity contribution in [2.75, 3.05) is 0 Å². The highest BCUT2D eigenvalue weighted by Crippen LogP contribution is 2.67. The molecule has 0 saturated heterocycles. The largest absolute Gasteiger partial charge is 0.456 e. The van der Waals surface area contributed by atoms with E-state index in [4.69, 9.17) is 13.9 Å². The zero-order chi connectivity index (χ0) is 34.0. The number of hydrogen-bond acceptors (Lipinski definition) is 3. The van der Waals surface area contributed by atoms with Gasteiger partial charge >= 0.3 is 0 Å². The molecular formula is C49H28O3. The monoisotopic (exact) mass is 664 g/mol. The molecule has 242 valence electrons. The minimum Gasteiger partial charge on any atom is -0.456 e. The van der Waals surface area contributed by atoms with Crippen LogP contribution in [0.4, 0.5) is 0 Å². The van der Waals surface area contributed by atoms with Gasteiger partial charge in [0.05, 0.1) is 5.41 Å². The van der Waals surface area contributed by atoms with E-state index in [1.54, 1.807) is 0 Å². The minimum atomic E-state index is -0.597. The molecule has 12 rings (SSSR count). The van der Waals surface area contributed by atoms with E-state index in [9.17, 15) is 0 Å². The van der Waals surface area contributed by atoms with Gasteiger partial charge in [0.25, 0.3) is 0 Å². The van der Waals surface area contributed by atoms with Gasteiger partial charge in [0.2, 0.25) is 0 Å². The molecule has 3 nitrogen and oxygen atoms in total. The molecule has 0 bridgehead atoms. The molecular weight excluding hydrogens is 637 g/mol.